The molecule has 0 saturated carbocycles. The molecule has 7 nitrogen and oxygen atoms in total. The zero-order valence-corrected chi connectivity index (χ0v) is 14.7. The summed E-state index contributed by atoms with van der Waals surface area (Å²) < 4.78 is 5.53. The first-order valence-electron chi connectivity index (χ1n) is 8.46. The highest BCUT2D eigenvalue weighted by Crippen LogP contribution is 2.14. The first-order chi connectivity index (χ1) is 13.1. The zero-order chi connectivity index (χ0) is 19.5. The van der Waals surface area contributed by atoms with Gasteiger partial charge in [0, 0.05) is 24.3 Å². The fourth-order valence-corrected chi connectivity index (χ4v) is 2.26. The van der Waals surface area contributed by atoms with Gasteiger partial charge in [0.1, 0.15) is 0 Å². The fourth-order valence-electron chi connectivity index (χ4n) is 2.26. The Kier molecular flexibility index (Phi) is 7.87. The number of nitro groups is 2. The summed E-state index contributed by atoms with van der Waals surface area (Å²) in [5, 5.41) is 21.2. The van der Waals surface area contributed by atoms with Crippen molar-refractivity contribution in [3.05, 3.63) is 92.0 Å². The van der Waals surface area contributed by atoms with E-state index in [1.54, 1.807) is 24.3 Å². The van der Waals surface area contributed by atoms with E-state index in [0.717, 1.165) is 24.0 Å². The minimum Gasteiger partial charge on any atom is -0.381 e. The minimum atomic E-state index is -0.419. The molecule has 0 aromatic heterocycles. The van der Waals surface area contributed by atoms with Gasteiger partial charge in [-0.2, -0.15) is 0 Å². The van der Waals surface area contributed by atoms with Gasteiger partial charge >= 0.3 is 0 Å². The molecule has 0 N–H and O–H groups in total. The summed E-state index contributed by atoms with van der Waals surface area (Å²) in [5.41, 5.74) is 1.98. The Morgan fingerprint density at radius 1 is 0.704 bits per heavy atom. The lowest BCUT2D eigenvalue weighted by Crippen LogP contribution is -1.94. The predicted molar refractivity (Wildman–Crippen MR) is 104 cm³/mol. The van der Waals surface area contributed by atoms with E-state index >= 15 is 0 Å². The molecule has 2 aromatic carbocycles. The molecule has 0 bridgehead atoms. The average Bonchev–Trinajstić information content (AvgIpc) is 2.67. The van der Waals surface area contributed by atoms with Gasteiger partial charge in [-0.15, -0.1) is 0 Å². The molecule has 0 spiro atoms. The molecule has 0 aliphatic rings. The smallest absolute Gasteiger partial charge is 0.269 e. The van der Waals surface area contributed by atoms with Gasteiger partial charge in [-0.05, 0) is 48.2 Å². The van der Waals surface area contributed by atoms with E-state index in [1.807, 2.05) is 24.3 Å². The number of ether oxygens (including phenoxy) is 1. The molecule has 0 radical (unpaired) electrons. The number of hydrogen-bond donors (Lipinski definition) is 0. The molecule has 0 atom stereocenters. The summed E-state index contributed by atoms with van der Waals surface area (Å²) in [7, 11) is 0. The van der Waals surface area contributed by atoms with Crippen LogP contribution >= 0.6 is 0 Å². The van der Waals surface area contributed by atoms with E-state index in [0.29, 0.717) is 13.2 Å². The lowest BCUT2D eigenvalue weighted by atomic mass is 10.2. The van der Waals surface area contributed by atoms with Crippen LogP contribution < -0.4 is 0 Å². The van der Waals surface area contributed by atoms with Crippen molar-refractivity contribution in [3.8, 4) is 0 Å². The van der Waals surface area contributed by atoms with E-state index in [4.69, 9.17) is 4.74 Å². The molecular weight excluding hydrogens is 348 g/mol. The van der Waals surface area contributed by atoms with Crippen LogP contribution in [0.2, 0.25) is 0 Å². The average molecular weight is 368 g/mol. The maximum Gasteiger partial charge on any atom is 0.269 e. The van der Waals surface area contributed by atoms with Crippen LogP contribution in [-0.2, 0) is 4.74 Å². The Balaban J connectivity index is 1.60. The highest BCUT2D eigenvalue weighted by molar-refractivity contribution is 5.52. The molecule has 0 aliphatic carbocycles. The number of non-ortho nitro benzene ring substituents is 2. The lowest BCUT2D eigenvalue weighted by molar-refractivity contribution is -0.385. The summed E-state index contributed by atoms with van der Waals surface area (Å²) >= 11 is 0. The van der Waals surface area contributed by atoms with Crippen LogP contribution in [0.5, 0.6) is 0 Å². The first-order valence-corrected chi connectivity index (χ1v) is 8.46. The number of hydrogen-bond acceptors (Lipinski definition) is 5. The monoisotopic (exact) mass is 368 g/mol. The van der Waals surface area contributed by atoms with Gasteiger partial charge in [0.2, 0.25) is 0 Å². The Labute approximate surface area is 156 Å². The van der Waals surface area contributed by atoms with E-state index in [9.17, 15) is 20.2 Å². The van der Waals surface area contributed by atoms with Crippen LogP contribution in [-0.4, -0.2) is 23.1 Å². The maximum atomic E-state index is 10.6. The quantitative estimate of drug-likeness (QED) is 0.333. The maximum absolute atomic E-state index is 10.6. The second-order valence-electron chi connectivity index (χ2n) is 5.69. The molecule has 0 aliphatic heterocycles. The van der Waals surface area contributed by atoms with Crippen molar-refractivity contribution < 1.29 is 14.6 Å². The number of benzene rings is 2. The third-order valence-electron chi connectivity index (χ3n) is 3.69. The SMILES string of the molecule is O=[N+]([O-])c1ccc(C=CCCOCCC=Cc2ccc([N+](=O)[O-])cc2)cc1. The van der Waals surface area contributed by atoms with Crippen LogP contribution in [0.1, 0.15) is 24.0 Å². The molecule has 0 saturated heterocycles. The molecule has 7 heteroatoms. The van der Waals surface area contributed by atoms with Gasteiger partial charge < -0.3 is 4.74 Å². The molecule has 0 heterocycles. The molecule has 2 aromatic rings. The van der Waals surface area contributed by atoms with Gasteiger partial charge in [-0.25, -0.2) is 0 Å². The summed E-state index contributed by atoms with van der Waals surface area (Å²) in [6.45, 7) is 1.18. The fraction of sp³-hybridized carbons (Fsp3) is 0.200. The van der Waals surface area contributed by atoms with Crippen molar-refractivity contribution in [2.24, 2.45) is 0 Å². The van der Waals surface area contributed by atoms with Gasteiger partial charge in [0.05, 0.1) is 23.1 Å². The molecule has 27 heavy (non-hydrogen) atoms. The minimum absolute atomic E-state index is 0.0808. The normalized spacial score (nSPS) is 11.3. The van der Waals surface area contributed by atoms with Crippen LogP contribution in [0, 0.1) is 20.2 Å². The lowest BCUT2D eigenvalue weighted by Gasteiger charge is -1.99. The van der Waals surface area contributed by atoms with Crippen molar-refractivity contribution in [1.82, 2.24) is 0 Å². The summed E-state index contributed by atoms with van der Waals surface area (Å²) in [5.74, 6) is 0. The van der Waals surface area contributed by atoms with E-state index in [1.165, 1.54) is 24.3 Å². The van der Waals surface area contributed by atoms with Crippen molar-refractivity contribution in [3.63, 3.8) is 0 Å². The molecule has 0 fully saturated rings. The van der Waals surface area contributed by atoms with Gasteiger partial charge in [-0.1, -0.05) is 24.3 Å². The first kappa shape index (κ1) is 20.0. The second kappa shape index (κ2) is 10.6. The third kappa shape index (κ3) is 7.21. The Morgan fingerprint density at radius 3 is 1.41 bits per heavy atom. The van der Waals surface area contributed by atoms with Gasteiger partial charge in [0.15, 0.2) is 0 Å². The van der Waals surface area contributed by atoms with Crippen molar-refractivity contribution >= 4 is 23.5 Å². The summed E-state index contributed by atoms with van der Waals surface area (Å²) in [4.78, 5) is 20.3. The van der Waals surface area contributed by atoms with Crippen LogP contribution in [0.3, 0.4) is 0 Å². The Hall–Kier alpha value is -3.32. The van der Waals surface area contributed by atoms with Gasteiger partial charge in [-0.3, -0.25) is 20.2 Å². The summed E-state index contributed by atoms with van der Waals surface area (Å²) in [6, 6.07) is 12.7. The van der Waals surface area contributed by atoms with Gasteiger partial charge in [0.25, 0.3) is 11.4 Å². The zero-order valence-electron chi connectivity index (χ0n) is 14.7. The molecule has 140 valence electrons. The van der Waals surface area contributed by atoms with E-state index in [2.05, 4.69) is 0 Å². The van der Waals surface area contributed by atoms with Crippen molar-refractivity contribution in [2.75, 3.05) is 13.2 Å². The topological polar surface area (TPSA) is 95.5 Å². The molecular formula is C20H20N2O5. The predicted octanol–water partition coefficient (Wildman–Crippen LogP) is 5.03. The Morgan fingerprint density at radius 2 is 1.07 bits per heavy atom. The number of nitro benzene ring substituents is 2. The number of rotatable bonds is 10. The largest absolute Gasteiger partial charge is 0.381 e. The van der Waals surface area contributed by atoms with Crippen LogP contribution in [0.25, 0.3) is 12.2 Å². The van der Waals surface area contributed by atoms with Crippen molar-refractivity contribution in [2.45, 2.75) is 12.8 Å². The number of nitrogens with zero attached hydrogens (tertiary/aromatic N) is 2. The molecule has 2 rings (SSSR count). The van der Waals surface area contributed by atoms with Crippen LogP contribution in [0.15, 0.2) is 60.7 Å². The van der Waals surface area contributed by atoms with E-state index < -0.39 is 9.85 Å². The molecule has 0 amide bonds. The second-order valence-corrected chi connectivity index (χ2v) is 5.69. The summed E-state index contributed by atoms with van der Waals surface area (Å²) in [6.07, 6.45) is 9.25. The standard InChI is InChI=1S/C20H20N2O5/c23-21(24)19-11-7-17(8-12-19)5-1-3-15-27-16-4-2-6-18-9-13-20(14-10-18)22(25)26/h1-2,5-14H,3-4,15-16H2. The molecule has 0 unspecified atom stereocenters. The van der Waals surface area contributed by atoms with Crippen molar-refractivity contribution in [1.29, 1.82) is 0 Å². The third-order valence-corrected chi connectivity index (χ3v) is 3.69. The van der Waals surface area contributed by atoms with E-state index in [-0.39, 0.29) is 11.4 Å². The Bertz CT molecular complexity index is 742. The highest BCUT2D eigenvalue weighted by atomic mass is 16.6. The van der Waals surface area contributed by atoms with Crippen LogP contribution in [0.4, 0.5) is 11.4 Å². The highest BCUT2D eigenvalue weighted by Gasteiger charge is 2.02.